The lowest BCUT2D eigenvalue weighted by atomic mass is 10.1. The monoisotopic (exact) mass is 378 g/mol. The Bertz CT molecular complexity index is 929. The largest absolute Gasteiger partial charge is 0.497 e. The number of methoxy groups -OCH3 is 2. The second-order valence-electron chi connectivity index (χ2n) is 5.98. The summed E-state index contributed by atoms with van der Waals surface area (Å²) in [5.41, 5.74) is 2.24. The second kappa shape index (κ2) is 9.36. The highest BCUT2D eigenvalue weighted by molar-refractivity contribution is 5.93. The van der Waals surface area contributed by atoms with Gasteiger partial charge in [-0.25, -0.2) is 9.97 Å². The Balaban J connectivity index is 1.54. The summed E-state index contributed by atoms with van der Waals surface area (Å²) < 4.78 is 10.5. The first-order chi connectivity index (χ1) is 13.7. The van der Waals surface area contributed by atoms with E-state index in [-0.39, 0.29) is 5.91 Å². The molecule has 0 saturated carbocycles. The van der Waals surface area contributed by atoms with E-state index in [2.05, 4.69) is 20.6 Å². The third-order valence-corrected chi connectivity index (χ3v) is 4.10. The molecular weight excluding hydrogens is 356 g/mol. The fourth-order valence-corrected chi connectivity index (χ4v) is 2.63. The standard InChI is InChI=1S/C21H22N4O3/c1-27-17-7-5-6-15(12-17)10-11-22-20(26)16-13-23-21(24-14-16)25-18-8-3-4-9-19(18)28-2/h3-9,12-14H,10-11H2,1-2H3,(H,22,26)(H,23,24,25). The molecule has 0 spiro atoms. The average molecular weight is 378 g/mol. The van der Waals surface area contributed by atoms with Crippen LogP contribution in [-0.2, 0) is 6.42 Å². The van der Waals surface area contributed by atoms with Crippen LogP contribution in [0.25, 0.3) is 0 Å². The fraction of sp³-hybridized carbons (Fsp3) is 0.190. The highest BCUT2D eigenvalue weighted by Gasteiger charge is 2.08. The van der Waals surface area contributed by atoms with Crippen molar-refractivity contribution in [1.29, 1.82) is 0 Å². The third kappa shape index (κ3) is 4.97. The first kappa shape index (κ1) is 19.2. The summed E-state index contributed by atoms with van der Waals surface area (Å²) in [6.45, 7) is 0.507. The molecule has 3 rings (SSSR count). The van der Waals surface area contributed by atoms with Crippen LogP contribution in [0.1, 0.15) is 15.9 Å². The topological polar surface area (TPSA) is 85.4 Å². The summed E-state index contributed by atoms with van der Waals surface area (Å²) >= 11 is 0. The maximum atomic E-state index is 12.3. The summed E-state index contributed by atoms with van der Waals surface area (Å²) in [6, 6.07) is 15.2. The molecule has 0 unspecified atom stereocenters. The lowest BCUT2D eigenvalue weighted by molar-refractivity contribution is 0.0953. The quantitative estimate of drug-likeness (QED) is 0.626. The van der Waals surface area contributed by atoms with E-state index in [1.54, 1.807) is 14.2 Å². The molecule has 144 valence electrons. The number of anilines is 2. The molecule has 1 heterocycles. The molecule has 0 aliphatic rings. The van der Waals surface area contributed by atoms with Gasteiger partial charge in [0.2, 0.25) is 5.95 Å². The molecule has 0 atom stereocenters. The predicted molar refractivity (Wildman–Crippen MR) is 107 cm³/mol. The lowest BCUT2D eigenvalue weighted by Gasteiger charge is -2.10. The van der Waals surface area contributed by atoms with E-state index >= 15 is 0 Å². The minimum atomic E-state index is -0.216. The molecule has 28 heavy (non-hydrogen) atoms. The van der Waals surface area contributed by atoms with Crippen LogP contribution in [0.2, 0.25) is 0 Å². The Hall–Kier alpha value is -3.61. The number of amides is 1. The van der Waals surface area contributed by atoms with Gasteiger partial charge in [0.1, 0.15) is 11.5 Å². The number of nitrogens with zero attached hydrogens (tertiary/aromatic N) is 2. The Kier molecular flexibility index (Phi) is 6.41. The van der Waals surface area contributed by atoms with Crippen molar-refractivity contribution in [2.45, 2.75) is 6.42 Å². The number of nitrogens with one attached hydrogen (secondary N) is 2. The van der Waals surface area contributed by atoms with Crippen LogP contribution >= 0.6 is 0 Å². The zero-order valence-corrected chi connectivity index (χ0v) is 15.8. The zero-order valence-electron chi connectivity index (χ0n) is 15.8. The van der Waals surface area contributed by atoms with Crippen LogP contribution in [0, 0.1) is 0 Å². The van der Waals surface area contributed by atoms with E-state index < -0.39 is 0 Å². The van der Waals surface area contributed by atoms with Gasteiger partial charge in [-0.2, -0.15) is 0 Å². The summed E-state index contributed by atoms with van der Waals surface area (Å²) in [7, 11) is 3.23. The molecule has 0 radical (unpaired) electrons. The molecule has 7 nitrogen and oxygen atoms in total. The van der Waals surface area contributed by atoms with E-state index in [0.717, 1.165) is 17.0 Å². The van der Waals surface area contributed by atoms with Gasteiger partial charge in [0.05, 0.1) is 25.5 Å². The Morgan fingerprint density at radius 3 is 2.54 bits per heavy atom. The van der Waals surface area contributed by atoms with Crippen LogP contribution in [0.4, 0.5) is 11.6 Å². The fourth-order valence-electron chi connectivity index (χ4n) is 2.63. The second-order valence-corrected chi connectivity index (χ2v) is 5.98. The van der Waals surface area contributed by atoms with E-state index in [1.165, 1.54) is 12.4 Å². The van der Waals surface area contributed by atoms with Crippen molar-refractivity contribution in [2.24, 2.45) is 0 Å². The van der Waals surface area contributed by atoms with Gasteiger partial charge in [-0.05, 0) is 36.2 Å². The summed E-state index contributed by atoms with van der Waals surface area (Å²) in [5, 5.41) is 5.95. The molecule has 7 heteroatoms. The summed E-state index contributed by atoms with van der Waals surface area (Å²) in [5.74, 6) is 1.66. The summed E-state index contributed by atoms with van der Waals surface area (Å²) in [4.78, 5) is 20.7. The number of hydrogen-bond acceptors (Lipinski definition) is 6. The van der Waals surface area contributed by atoms with Gasteiger partial charge >= 0.3 is 0 Å². The third-order valence-electron chi connectivity index (χ3n) is 4.10. The number of para-hydroxylation sites is 2. The molecule has 1 aromatic heterocycles. The van der Waals surface area contributed by atoms with Crippen LogP contribution in [0.5, 0.6) is 11.5 Å². The van der Waals surface area contributed by atoms with Crippen LogP contribution in [-0.4, -0.2) is 36.6 Å². The van der Waals surface area contributed by atoms with Crippen LogP contribution in [0.15, 0.2) is 60.9 Å². The number of aromatic nitrogens is 2. The molecule has 0 bridgehead atoms. The van der Waals surface area contributed by atoms with Gasteiger partial charge in [-0.15, -0.1) is 0 Å². The molecule has 1 amide bonds. The zero-order chi connectivity index (χ0) is 19.8. The van der Waals surface area contributed by atoms with Crippen molar-refractivity contribution in [1.82, 2.24) is 15.3 Å². The molecule has 2 N–H and O–H groups in total. The van der Waals surface area contributed by atoms with E-state index in [1.807, 2.05) is 48.5 Å². The number of rotatable bonds is 8. The number of carbonyl (C=O) groups excluding carboxylic acids is 1. The Labute approximate surface area is 163 Å². The van der Waals surface area contributed by atoms with E-state index in [0.29, 0.717) is 30.2 Å². The van der Waals surface area contributed by atoms with Crippen LogP contribution in [0.3, 0.4) is 0 Å². The van der Waals surface area contributed by atoms with E-state index in [4.69, 9.17) is 9.47 Å². The maximum Gasteiger partial charge on any atom is 0.254 e. The van der Waals surface area contributed by atoms with Gasteiger partial charge < -0.3 is 20.1 Å². The smallest absolute Gasteiger partial charge is 0.254 e. The molecule has 0 fully saturated rings. The Morgan fingerprint density at radius 1 is 1.00 bits per heavy atom. The molecule has 2 aromatic carbocycles. The van der Waals surface area contributed by atoms with Crippen molar-refractivity contribution in [2.75, 3.05) is 26.1 Å². The minimum Gasteiger partial charge on any atom is -0.497 e. The van der Waals surface area contributed by atoms with Crippen molar-refractivity contribution < 1.29 is 14.3 Å². The highest BCUT2D eigenvalue weighted by Crippen LogP contribution is 2.25. The number of hydrogen-bond donors (Lipinski definition) is 2. The molecule has 0 aliphatic heterocycles. The van der Waals surface area contributed by atoms with Crippen molar-refractivity contribution in [3.05, 3.63) is 72.1 Å². The minimum absolute atomic E-state index is 0.216. The molecule has 3 aromatic rings. The summed E-state index contributed by atoms with van der Waals surface area (Å²) in [6.07, 6.45) is 3.69. The SMILES string of the molecule is COc1cccc(CCNC(=O)c2cnc(Nc3ccccc3OC)nc2)c1. The van der Waals surface area contributed by atoms with E-state index in [9.17, 15) is 4.79 Å². The predicted octanol–water partition coefficient (Wildman–Crippen LogP) is 3.21. The highest BCUT2D eigenvalue weighted by atomic mass is 16.5. The van der Waals surface area contributed by atoms with Gasteiger partial charge in [0, 0.05) is 18.9 Å². The lowest BCUT2D eigenvalue weighted by Crippen LogP contribution is -2.26. The first-order valence-electron chi connectivity index (χ1n) is 8.83. The number of benzene rings is 2. The van der Waals surface area contributed by atoms with Gasteiger partial charge in [0.15, 0.2) is 0 Å². The molecule has 0 saturated heterocycles. The van der Waals surface area contributed by atoms with Gasteiger partial charge in [-0.3, -0.25) is 4.79 Å². The van der Waals surface area contributed by atoms with Crippen molar-refractivity contribution >= 4 is 17.5 Å². The Morgan fingerprint density at radius 2 is 1.79 bits per heavy atom. The average Bonchev–Trinajstić information content (AvgIpc) is 2.74. The van der Waals surface area contributed by atoms with Gasteiger partial charge in [-0.1, -0.05) is 24.3 Å². The van der Waals surface area contributed by atoms with Gasteiger partial charge in [0.25, 0.3) is 5.91 Å². The maximum absolute atomic E-state index is 12.3. The normalized spacial score (nSPS) is 10.2. The number of ether oxygens (including phenoxy) is 2. The molecule has 0 aliphatic carbocycles. The first-order valence-corrected chi connectivity index (χ1v) is 8.83. The number of carbonyl (C=O) groups is 1. The van der Waals surface area contributed by atoms with Crippen molar-refractivity contribution in [3.8, 4) is 11.5 Å². The van der Waals surface area contributed by atoms with Crippen LogP contribution < -0.4 is 20.1 Å². The molecular formula is C21H22N4O3. The van der Waals surface area contributed by atoms with Crippen molar-refractivity contribution in [3.63, 3.8) is 0 Å².